The van der Waals surface area contributed by atoms with Crippen molar-refractivity contribution in [1.29, 1.82) is 0 Å². The topological polar surface area (TPSA) is 85.9 Å². The Morgan fingerprint density at radius 1 is 0.865 bits per heavy atom. The number of nitrogens with one attached hydrogen (secondary N) is 1. The second-order valence-corrected chi connectivity index (χ2v) is 8.62. The van der Waals surface area contributed by atoms with Gasteiger partial charge < -0.3 is 23.8 Å². The van der Waals surface area contributed by atoms with E-state index < -0.39 is 0 Å². The standard InChI is InChI=1S/C29H29N3O5/c1-5-37-23-15-10-20(16-24(23)36-4)28-25-26(19-8-13-22(35-3)14-9-19)30-31-27(25)29(33)32(28)17-18-6-11-21(34-2)12-7-18/h6-16,28H,5,17H2,1-4H3,(H,30,31). The molecule has 190 valence electrons. The number of amides is 1. The quantitative estimate of drug-likeness (QED) is 0.339. The molecule has 0 bridgehead atoms. The molecule has 1 N–H and O–H groups in total. The minimum Gasteiger partial charge on any atom is -0.497 e. The van der Waals surface area contributed by atoms with Crippen LogP contribution in [0.15, 0.2) is 66.7 Å². The predicted octanol–water partition coefficient (Wildman–Crippen LogP) is 5.25. The van der Waals surface area contributed by atoms with Crippen LogP contribution in [0.2, 0.25) is 0 Å². The third kappa shape index (κ3) is 4.46. The molecule has 1 aliphatic heterocycles. The van der Waals surface area contributed by atoms with Gasteiger partial charge in [0.2, 0.25) is 0 Å². The molecule has 5 rings (SSSR count). The van der Waals surface area contributed by atoms with Crippen molar-refractivity contribution in [1.82, 2.24) is 15.1 Å². The molecule has 37 heavy (non-hydrogen) atoms. The molecule has 0 saturated carbocycles. The maximum absolute atomic E-state index is 13.7. The lowest BCUT2D eigenvalue weighted by Gasteiger charge is -2.27. The number of benzene rings is 3. The first-order valence-electron chi connectivity index (χ1n) is 12.0. The van der Waals surface area contributed by atoms with Crippen molar-refractivity contribution in [2.45, 2.75) is 19.5 Å². The number of H-pyrrole nitrogens is 1. The van der Waals surface area contributed by atoms with Crippen LogP contribution in [0.4, 0.5) is 0 Å². The molecule has 1 aromatic heterocycles. The van der Waals surface area contributed by atoms with Gasteiger partial charge in [-0.1, -0.05) is 18.2 Å². The number of ether oxygens (including phenoxy) is 4. The highest BCUT2D eigenvalue weighted by molar-refractivity contribution is 6.00. The fourth-order valence-electron chi connectivity index (χ4n) is 4.73. The van der Waals surface area contributed by atoms with E-state index in [1.165, 1.54) is 0 Å². The monoisotopic (exact) mass is 499 g/mol. The summed E-state index contributed by atoms with van der Waals surface area (Å²) in [6, 6.07) is 20.8. The molecule has 1 aliphatic rings. The minimum absolute atomic E-state index is 0.115. The first-order chi connectivity index (χ1) is 18.1. The average Bonchev–Trinajstić information content (AvgIpc) is 3.48. The molecule has 1 unspecified atom stereocenters. The highest BCUT2D eigenvalue weighted by Crippen LogP contribution is 2.45. The highest BCUT2D eigenvalue weighted by Gasteiger charge is 2.42. The molecule has 4 aromatic rings. The maximum atomic E-state index is 13.7. The van der Waals surface area contributed by atoms with Crippen LogP contribution in [0, 0.1) is 0 Å². The molecule has 0 saturated heterocycles. The zero-order valence-electron chi connectivity index (χ0n) is 21.3. The Morgan fingerprint density at radius 3 is 2.16 bits per heavy atom. The van der Waals surface area contributed by atoms with E-state index in [2.05, 4.69) is 10.2 Å². The summed E-state index contributed by atoms with van der Waals surface area (Å²) in [5, 5.41) is 7.57. The Balaban J connectivity index is 1.62. The normalized spacial score (nSPS) is 14.4. The molecule has 1 amide bonds. The smallest absolute Gasteiger partial charge is 0.273 e. The van der Waals surface area contributed by atoms with Crippen molar-refractivity contribution in [3.05, 3.63) is 89.1 Å². The first-order valence-corrected chi connectivity index (χ1v) is 12.0. The van der Waals surface area contributed by atoms with Gasteiger partial charge in [0.05, 0.1) is 39.7 Å². The van der Waals surface area contributed by atoms with Crippen LogP contribution in [0.3, 0.4) is 0 Å². The molecule has 8 nitrogen and oxygen atoms in total. The number of hydrogen-bond acceptors (Lipinski definition) is 6. The fraction of sp³-hybridized carbons (Fsp3) is 0.241. The maximum Gasteiger partial charge on any atom is 0.273 e. The highest BCUT2D eigenvalue weighted by atomic mass is 16.5. The van der Waals surface area contributed by atoms with Crippen molar-refractivity contribution in [3.8, 4) is 34.3 Å². The van der Waals surface area contributed by atoms with E-state index in [9.17, 15) is 4.79 Å². The van der Waals surface area contributed by atoms with Crippen molar-refractivity contribution < 1.29 is 23.7 Å². The molecule has 8 heteroatoms. The van der Waals surface area contributed by atoms with Crippen LogP contribution in [0.5, 0.6) is 23.0 Å². The Bertz CT molecular complexity index is 1400. The number of hydrogen-bond donors (Lipinski definition) is 1. The summed E-state index contributed by atoms with van der Waals surface area (Å²) >= 11 is 0. The van der Waals surface area contributed by atoms with Crippen molar-refractivity contribution in [3.63, 3.8) is 0 Å². The van der Waals surface area contributed by atoms with Crippen molar-refractivity contribution >= 4 is 5.91 Å². The summed E-state index contributed by atoms with van der Waals surface area (Å²) in [5.41, 5.74) is 4.81. The molecule has 1 atom stereocenters. The summed E-state index contributed by atoms with van der Waals surface area (Å²) in [5.74, 6) is 2.67. The van der Waals surface area contributed by atoms with E-state index in [4.69, 9.17) is 18.9 Å². The van der Waals surface area contributed by atoms with Crippen LogP contribution in [0.25, 0.3) is 11.3 Å². The number of carbonyl (C=O) groups excluding carboxylic acids is 1. The summed E-state index contributed by atoms with van der Waals surface area (Å²) in [7, 11) is 4.88. The molecule has 0 fully saturated rings. The predicted molar refractivity (Wildman–Crippen MR) is 139 cm³/mol. The number of carbonyl (C=O) groups is 1. The lowest BCUT2D eigenvalue weighted by atomic mass is 9.95. The summed E-state index contributed by atoms with van der Waals surface area (Å²) in [4.78, 5) is 15.6. The van der Waals surface area contributed by atoms with Gasteiger partial charge in [-0.2, -0.15) is 5.10 Å². The number of nitrogens with zero attached hydrogens (tertiary/aromatic N) is 2. The van der Waals surface area contributed by atoms with E-state index in [1.54, 1.807) is 21.3 Å². The lowest BCUT2D eigenvalue weighted by molar-refractivity contribution is 0.0730. The van der Waals surface area contributed by atoms with Crippen LogP contribution in [-0.4, -0.2) is 48.9 Å². The minimum atomic E-state index is -0.384. The van der Waals surface area contributed by atoms with E-state index in [0.29, 0.717) is 30.3 Å². The van der Waals surface area contributed by atoms with E-state index in [-0.39, 0.29) is 11.9 Å². The van der Waals surface area contributed by atoms with Crippen molar-refractivity contribution in [2.75, 3.05) is 27.9 Å². The van der Waals surface area contributed by atoms with Crippen LogP contribution in [0.1, 0.15) is 40.1 Å². The molecular weight excluding hydrogens is 470 g/mol. The SMILES string of the molecule is CCOc1ccc(C2c3c(-c4ccc(OC)cc4)n[nH]c3C(=O)N2Cc2ccc(OC)cc2)cc1OC. The molecular formula is C29H29N3O5. The zero-order valence-corrected chi connectivity index (χ0v) is 21.3. The number of methoxy groups -OCH3 is 3. The molecule has 3 aromatic carbocycles. The Kier molecular flexibility index (Phi) is 6.72. The van der Waals surface area contributed by atoms with Gasteiger partial charge in [-0.25, -0.2) is 0 Å². The summed E-state index contributed by atoms with van der Waals surface area (Å²) < 4.78 is 22.0. The van der Waals surface area contributed by atoms with Crippen LogP contribution < -0.4 is 18.9 Å². The molecule has 0 radical (unpaired) electrons. The van der Waals surface area contributed by atoms with E-state index in [1.807, 2.05) is 78.6 Å². The average molecular weight is 500 g/mol. The Labute approximate surface area is 215 Å². The van der Waals surface area contributed by atoms with Gasteiger partial charge >= 0.3 is 0 Å². The fourth-order valence-corrected chi connectivity index (χ4v) is 4.73. The summed E-state index contributed by atoms with van der Waals surface area (Å²) in [6.07, 6.45) is 0. The van der Waals surface area contributed by atoms with E-state index in [0.717, 1.165) is 39.4 Å². The summed E-state index contributed by atoms with van der Waals surface area (Å²) in [6.45, 7) is 2.86. The van der Waals surface area contributed by atoms with Crippen molar-refractivity contribution in [2.24, 2.45) is 0 Å². The largest absolute Gasteiger partial charge is 0.497 e. The van der Waals surface area contributed by atoms with Gasteiger partial charge in [0.25, 0.3) is 5.91 Å². The molecule has 2 heterocycles. The number of aromatic nitrogens is 2. The molecule has 0 aliphatic carbocycles. The molecule has 0 spiro atoms. The van der Waals surface area contributed by atoms with Crippen LogP contribution >= 0.6 is 0 Å². The third-order valence-electron chi connectivity index (χ3n) is 6.54. The Morgan fingerprint density at radius 2 is 1.54 bits per heavy atom. The number of fused-ring (bicyclic) bond motifs is 1. The lowest BCUT2D eigenvalue weighted by Crippen LogP contribution is -2.29. The number of rotatable bonds is 9. The van der Waals surface area contributed by atoms with Gasteiger partial charge in [0.15, 0.2) is 11.5 Å². The van der Waals surface area contributed by atoms with Gasteiger partial charge in [0, 0.05) is 17.7 Å². The van der Waals surface area contributed by atoms with Gasteiger partial charge in [-0.3, -0.25) is 9.89 Å². The zero-order chi connectivity index (χ0) is 25.9. The number of aromatic amines is 1. The van der Waals surface area contributed by atoms with Gasteiger partial charge in [-0.05, 0) is 66.6 Å². The van der Waals surface area contributed by atoms with Gasteiger partial charge in [0.1, 0.15) is 17.2 Å². The third-order valence-corrected chi connectivity index (χ3v) is 6.54. The second-order valence-electron chi connectivity index (χ2n) is 8.62. The van der Waals surface area contributed by atoms with Gasteiger partial charge in [-0.15, -0.1) is 0 Å². The van der Waals surface area contributed by atoms with E-state index >= 15 is 0 Å². The first kappa shape index (κ1) is 24.2. The van der Waals surface area contributed by atoms with Crippen LogP contribution in [-0.2, 0) is 6.54 Å². The Hall–Kier alpha value is -4.46. The second kappa shape index (κ2) is 10.3.